The molecule has 0 aromatic heterocycles. The van der Waals surface area contributed by atoms with Gasteiger partial charge in [0.1, 0.15) is 11.4 Å². The van der Waals surface area contributed by atoms with Crippen molar-refractivity contribution in [3.05, 3.63) is 29.8 Å². The number of hydrogen-bond acceptors (Lipinski definition) is 4. The fourth-order valence-electron chi connectivity index (χ4n) is 2.73. The van der Waals surface area contributed by atoms with Gasteiger partial charge < -0.3 is 20.1 Å². The summed E-state index contributed by atoms with van der Waals surface area (Å²) in [5, 5.41) is 6.73. The van der Waals surface area contributed by atoms with Crippen LogP contribution in [0.25, 0.3) is 0 Å². The third-order valence-electron chi connectivity index (χ3n) is 3.96. The lowest BCUT2D eigenvalue weighted by atomic mass is 10.1. The molecule has 154 valence electrons. The summed E-state index contributed by atoms with van der Waals surface area (Å²) in [6.45, 7) is 15.2. The Balaban J connectivity index is 0.00000364. The van der Waals surface area contributed by atoms with Crippen molar-refractivity contribution < 1.29 is 9.47 Å². The number of para-hydroxylation sites is 1. The first kappa shape index (κ1) is 24.0. The SMILES string of the molecule is CCNC(=NCc1ccccc1OC(C)(C)C)NCCN1CCOCC1.I. The maximum atomic E-state index is 6.06. The molecule has 0 atom stereocenters. The van der Waals surface area contributed by atoms with Crippen LogP contribution in [0.15, 0.2) is 29.3 Å². The Morgan fingerprint density at radius 1 is 1.19 bits per heavy atom. The van der Waals surface area contributed by atoms with Crippen molar-refractivity contribution in [1.29, 1.82) is 0 Å². The molecule has 7 heteroatoms. The largest absolute Gasteiger partial charge is 0.488 e. The lowest BCUT2D eigenvalue weighted by Gasteiger charge is -2.26. The van der Waals surface area contributed by atoms with Gasteiger partial charge in [0.05, 0.1) is 19.8 Å². The summed E-state index contributed by atoms with van der Waals surface area (Å²) in [7, 11) is 0. The van der Waals surface area contributed by atoms with E-state index < -0.39 is 0 Å². The molecule has 2 rings (SSSR count). The Hall–Kier alpha value is -1.06. The smallest absolute Gasteiger partial charge is 0.191 e. The molecular formula is C20H35IN4O2. The van der Waals surface area contributed by atoms with Gasteiger partial charge in [-0.2, -0.15) is 0 Å². The molecule has 0 unspecified atom stereocenters. The molecule has 1 aromatic carbocycles. The number of guanidine groups is 1. The lowest BCUT2D eigenvalue weighted by molar-refractivity contribution is 0.0389. The molecule has 27 heavy (non-hydrogen) atoms. The maximum absolute atomic E-state index is 6.06. The van der Waals surface area contributed by atoms with E-state index >= 15 is 0 Å². The summed E-state index contributed by atoms with van der Waals surface area (Å²) in [5.41, 5.74) is 0.869. The number of nitrogens with zero attached hydrogens (tertiary/aromatic N) is 2. The van der Waals surface area contributed by atoms with Gasteiger partial charge in [0, 0.05) is 38.3 Å². The van der Waals surface area contributed by atoms with Gasteiger partial charge in [-0.25, -0.2) is 4.99 Å². The predicted octanol–water partition coefficient (Wildman–Crippen LogP) is 2.87. The molecule has 0 bridgehead atoms. The molecule has 0 radical (unpaired) electrons. The molecule has 1 heterocycles. The van der Waals surface area contributed by atoms with Crippen LogP contribution < -0.4 is 15.4 Å². The fourth-order valence-corrected chi connectivity index (χ4v) is 2.73. The highest BCUT2D eigenvalue weighted by atomic mass is 127. The van der Waals surface area contributed by atoms with Crippen LogP contribution in [0.1, 0.15) is 33.3 Å². The van der Waals surface area contributed by atoms with Crippen molar-refractivity contribution in [1.82, 2.24) is 15.5 Å². The van der Waals surface area contributed by atoms with Gasteiger partial charge in [0.25, 0.3) is 0 Å². The topological polar surface area (TPSA) is 58.1 Å². The number of halogens is 1. The van der Waals surface area contributed by atoms with E-state index in [1.165, 1.54) is 0 Å². The first-order valence-electron chi connectivity index (χ1n) is 9.57. The van der Waals surface area contributed by atoms with Crippen LogP contribution in [0, 0.1) is 0 Å². The Morgan fingerprint density at radius 2 is 1.89 bits per heavy atom. The number of aliphatic imine (C=N–C) groups is 1. The second kappa shape index (κ2) is 12.4. The van der Waals surface area contributed by atoms with E-state index in [-0.39, 0.29) is 29.6 Å². The molecule has 0 aliphatic carbocycles. The van der Waals surface area contributed by atoms with Crippen molar-refractivity contribution >= 4 is 29.9 Å². The minimum atomic E-state index is -0.222. The van der Waals surface area contributed by atoms with Gasteiger partial charge in [-0.3, -0.25) is 4.90 Å². The monoisotopic (exact) mass is 490 g/mol. The van der Waals surface area contributed by atoms with Gasteiger partial charge in [-0.05, 0) is 33.8 Å². The Morgan fingerprint density at radius 3 is 2.56 bits per heavy atom. The average Bonchev–Trinajstić information content (AvgIpc) is 2.60. The third-order valence-corrected chi connectivity index (χ3v) is 3.96. The van der Waals surface area contributed by atoms with Crippen molar-refractivity contribution in [3.63, 3.8) is 0 Å². The minimum Gasteiger partial charge on any atom is -0.488 e. The minimum absolute atomic E-state index is 0. The number of ether oxygens (including phenoxy) is 2. The van der Waals surface area contributed by atoms with Gasteiger partial charge in [0.15, 0.2) is 5.96 Å². The zero-order valence-corrected chi connectivity index (χ0v) is 19.4. The summed E-state index contributed by atoms with van der Waals surface area (Å²) in [5.74, 6) is 1.74. The second-order valence-corrected chi connectivity index (χ2v) is 7.40. The van der Waals surface area contributed by atoms with Crippen LogP contribution in [0.2, 0.25) is 0 Å². The molecule has 6 nitrogen and oxygen atoms in total. The van der Waals surface area contributed by atoms with Gasteiger partial charge >= 0.3 is 0 Å². The lowest BCUT2D eigenvalue weighted by Crippen LogP contribution is -2.44. The number of morpholine rings is 1. The van der Waals surface area contributed by atoms with Crippen molar-refractivity contribution in [2.24, 2.45) is 4.99 Å². The quantitative estimate of drug-likeness (QED) is 0.350. The van der Waals surface area contributed by atoms with Crippen molar-refractivity contribution in [2.45, 2.75) is 39.8 Å². The third kappa shape index (κ3) is 9.62. The normalized spacial score (nSPS) is 15.8. The summed E-state index contributed by atoms with van der Waals surface area (Å²) in [6, 6.07) is 8.11. The van der Waals surface area contributed by atoms with Crippen molar-refractivity contribution in [2.75, 3.05) is 45.9 Å². The number of nitrogens with one attached hydrogen (secondary N) is 2. The number of benzene rings is 1. The van der Waals surface area contributed by atoms with Crippen LogP contribution in [0.5, 0.6) is 5.75 Å². The number of rotatable bonds is 7. The molecule has 2 N–H and O–H groups in total. The molecule has 0 amide bonds. The highest BCUT2D eigenvalue weighted by molar-refractivity contribution is 14.0. The zero-order valence-electron chi connectivity index (χ0n) is 17.1. The highest BCUT2D eigenvalue weighted by Gasteiger charge is 2.14. The van der Waals surface area contributed by atoms with Crippen LogP contribution >= 0.6 is 24.0 Å². The Kier molecular flexibility index (Phi) is 11.0. The van der Waals surface area contributed by atoms with E-state index in [0.29, 0.717) is 6.54 Å². The summed E-state index contributed by atoms with van der Waals surface area (Å²) in [4.78, 5) is 7.14. The van der Waals surface area contributed by atoms with Crippen molar-refractivity contribution in [3.8, 4) is 5.75 Å². The predicted molar refractivity (Wildman–Crippen MR) is 122 cm³/mol. The molecule has 1 aliphatic rings. The molecule has 1 aliphatic heterocycles. The van der Waals surface area contributed by atoms with Crippen LogP contribution in [-0.4, -0.2) is 62.4 Å². The maximum Gasteiger partial charge on any atom is 0.191 e. The fraction of sp³-hybridized carbons (Fsp3) is 0.650. The van der Waals surface area contributed by atoms with E-state index in [9.17, 15) is 0 Å². The van der Waals surface area contributed by atoms with Gasteiger partial charge in [-0.15, -0.1) is 24.0 Å². The first-order chi connectivity index (χ1) is 12.5. The summed E-state index contributed by atoms with van der Waals surface area (Å²) < 4.78 is 11.4. The summed E-state index contributed by atoms with van der Waals surface area (Å²) in [6.07, 6.45) is 0. The Bertz CT molecular complexity index is 569. The number of hydrogen-bond donors (Lipinski definition) is 2. The molecule has 1 fully saturated rings. The first-order valence-corrected chi connectivity index (χ1v) is 9.57. The van der Waals surface area contributed by atoms with Gasteiger partial charge in [-0.1, -0.05) is 18.2 Å². The average molecular weight is 490 g/mol. The standard InChI is InChI=1S/C20H34N4O2.HI/c1-5-21-19(22-10-11-24-12-14-25-15-13-24)23-16-17-8-6-7-9-18(17)26-20(2,3)4;/h6-9H,5,10-16H2,1-4H3,(H2,21,22,23);1H. The van der Waals surface area contributed by atoms with Crippen LogP contribution in [0.3, 0.4) is 0 Å². The molecular weight excluding hydrogens is 455 g/mol. The highest BCUT2D eigenvalue weighted by Crippen LogP contribution is 2.23. The Labute approximate surface area is 181 Å². The van der Waals surface area contributed by atoms with Gasteiger partial charge in [0.2, 0.25) is 0 Å². The molecule has 0 spiro atoms. The second-order valence-electron chi connectivity index (χ2n) is 7.40. The van der Waals surface area contributed by atoms with Crippen LogP contribution in [-0.2, 0) is 11.3 Å². The molecule has 1 aromatic rings. The van der Waals surface area contributed by atoms with E-state index in [0.717, 1.165) is 63.2 Å². The van der Waals surface area contributed by atoms with E-state index in [2.05, 4.69) is 49.3 Å². The van der Waals surface area contributed by atoms with E-state index in [4.69, 9.17) is 14.5 Å². The van der Waals surface area contributed by atoms with E-state index in [1.54, 1.807) is 0 Å². The van der Waals surface area contributed by atoms with E-state index in [1.807, 2.05) is 18.2 Å². The molecule has 0 saturated carbocycles. The summed E-state index contributed by atoms with van der Waals surface area (Å²) >= 11 is 0. The molecule has 1 saturated heterocycles. The van der Waals surface area contributed by atoms with Crippen LogP contribution in [0.4, 0.5) is 0 Å². The zero-order chi connectivity index (χ0) is 18.8.